The van der Waals surface area contributed by atoms with Gasteiger partial charge in [-0.3, -0.25) is 0 Å². The van der Waals surface area contributed by atoms with E-state index in [2.05, 4.69) is 50.0 Å². The lowest BCUT2D eigenvalue weighted by Gasteiger charge is -2.42. The van der Waals surface area contributed by atoms with Crippen LogP contribution in [0.2, 0.25) is 0 Å². The average molecular weight is 335 g/mol. The number of fused-ring (bicyclic) bond motifs is 1. The minimum absolute atomic E-state index is 0.313. The van der Waals surface area contributed by atoms with Crippen LogP contribution < -0.4 is 0 Å². The van der Waals surface area contributed by atoms with Crippen molar-refractivity contribution in [3.8, 4) is 6.07 Å². The third-order valence-electron chi connectivity index (χ3n) is 6.04. The van der Waals surface area contributed by atoms with Crippen molar-refractivity contribution < 1.29 is 0 Å². The number of aromatic amines is 1. The molecule has 3 nitrogen and oxygen atoms in total. The van der Waals surface area contributed by atoms with Gasteiger partial charge in [-0.1, -0.05) is 25.8 Å². The molecule has 3 rings (SSSR count). The Kier molecular flexibility index (Phi) is 5.01. The van der Waals surface area contributed by atoms with Gasteiger partial charge in [-0.15, -0.1) is 0 Å². The van der Waals surface area contributed by atoms with Gasteiger partial charge in [0.05, 0.1) is 11.6 Å². The van der Waals surface area contributed by atoms with E-state index in [0.29, 0.717) is 5.54 Å². The summed E-state index contributed by atoms with van der Waals surface area (Å²) in [6, 6.07) is 8.16. The first kappa shape index (κ1) is 17.8. The van der Waals surface area contributed by atoms with E-state index in [1.165, 1.54) is 47.9 Å². The largest absolute Gasteiger partial charge is 0.355 e. The first-order chi connectivity index (χ1) is 12.0. The highest BCUT2D eigenvalue weighted by molar-refractivity contribution is 5.90. The van der Waals surface area contributed by atoms with E-state index in [9.17, 15) is 0 Å². The first-order valence-corrected chi connectivity index (χ1v) is 9.40. The van der Waals surface area contributed by atoms with Gasteiger partial charge in [-0.25, -0.2) is 0 Å². The van der Waals surface area contributed by atoms with Crippen LogP contribution in [-0.2, 0) is 0 Å². The van der Waals surface area contributed by atoms with Crippen LogP contribution in [0.15, 0.2) is 24.3 Å². The van der Waals surface area contributed by atoms with Crippen LogP contribution in [0.5, 0.6) is 0 Å². The molecule has 1 aliphatic rings. The monoisotopic (exact) mass is 335 g/mol. The molecule has 0 saturated carbocycles. The average Bonchev–Trinajstić information content (AvgIpc) is 2.96. The second-order valence-electron chi connectivity index (χ2n) is 7.65. The maximum Gasteiger partial charge on any atom is 0.0991 e. The number of hydrogen-bond acceptors (Lipinski definition) is 2. The molecule has 1 N–H and O–H groups in total. The Hall–Kier alpha value is -2.05. The summed E-state index contributed by atoms with van der Waals surface area (Å²) in [5.74, 6) is 0. The van der Waals surface area contributed by atoms with Crippen molar-refractivity contribution in [3.05, 3.63) is 41.1 Å². The highest BCUT2D eigenvalue weighted by Gasteiger charge is 2.34. The van der Waals surface area contributed by atoms with Crippen molar-refractivity contribution in [2.45, 2.75) is 57.9 Å². The smallest absolute Gasteiger partial charge is 0.0991 e. The van der Waals surface area contributed by atoms with Gasteiger partial charge in [-0.05, 0) is 76.0 Å². The summed E-state index contributed by atoms with van der Waals surface area (Å²) in [7, 11) is 4.46. The molecule has 2 aromatic rings. The lowest BCUT2D eigenvalue weighted by molar-refractivity contribution is 0.124. The fraction of sp³-hybridized carbons (Fsp3) is 0.500. The summed E-state index contributed by atoms with van der Waals surface area (Å²) in [5.41, 5.74) is 6.12. The zero-order valence-electron chi connectivity index (χ0n) is 15.9. The van der Waals surface area contributed by atoms with Crippen molar-refractivity contribution in [2.24, 2.45) is 0 Å². The molecule has 0 radical (unpaired) electrons. The summed E-state index contributed by atoms with van der Waals surface area (Å²) in [5, 5.41) is 10.3. The second kappa shape index (κ2) is 7.06. The molecule has 0 spiro atoms. The van der Waals surface area contributed by atoms with Crippen LogP contribution in [0.25, 0.3) is 16.5 Å². The number of H-pyrrole nitrogens is 1. The molecule has 0 saturated heterocycles. The second-order valence-corrected chi connectivity index (χ2v) is 7.65. The molecule has 1 atom stereocenters. The Balaban J connectivity index is 1.92. The van der Waals surface area contributed by atoms with Gasteiger partial charge in [0.15, 0.2) is 0 Å². The first-order valence-electron chi connectivity index (χ1n) is 9.40. The number of nitriles is 1. The zero-order valence-corrected chi connectivity index (χ0v) is 15.9. The molecule has 25 heavy (non-hydrogen) atoms. The summed E-state index contributed by atoms with van der Waals surface area (Å²) in [6.45, 7) is 4.44. The lowest BCUT2D eigenvalue weighted by Crippen LogP contribution is -2.45. The lowest BCUT2D eigenvalue weighted by atomic mass is 9.77. The van der Waals surface area contributed by atoms with Crippen molar-refractivity contribution >= 4 is 16.5 Å². The Morgan fingerprint density at radius 3 is 2.72 bits per heavy atom. The minimum Gasteiger partial charge on any atom is -0.355 e. The predicted octanol–water partition coefficient (Wildman–Crippen LogP) is 5.41. The van der Waals surface area contributed by atoms with E-state index in [-0.39, 0.29) is 0 Å². The molecular formula is C22H29N3. The van der Waals surface area contributed by atoms with Crippen molar-refractivity contribution in [1.29, 1.82) is 5.26 Å². The van der Waals surface area contributed by atoms with Crippen LogP contribution in [0.3, 0.4) is 0 Å². The van der Waals surface area contributed by atoms with Gasteiger partial charge in [0.2, 0.25) is 0 Å². The Morgan fingerprint density at radius 1 is 1.32 bits per heavy atom. The summed E-state index contributed by atoms with van der Waals surface area (Å²) < 4.78 is 0. The van der Waals surface area contributed by atoms with Gasteiger partial charge in [0, 0.05) is 22.1 Å². The number of allylic oxidation sites excluding steroid dienone is 1. The molecule has 0 fully saturated rings. The standard InChI is InChI=1S/C22H29N3/c1-5-6-11-22(25(3)4)12-9-18(10-13-22)21-16(2)19-14-17(15-23)7-8-20(19)24-21/h7-9,14,24H,5-6,10-13H2,1-4H3. The van der Waals surface area contributed by atoms with Crippen molar-refractivity contribution in [3.63, 3.8) is 0 Å². The van der Waals surface area contributed by atoms with Crippen molar-refractivity contribution in [2.75, 3.05) is 14.1 Å². The molecule has 1 heterocycles. The van der Waals surface area contributed by atoms with E-state index in [1.807, 2.05) is 18.2 Å². The number of rotatable bonds is 5. The number of hydrogen-bond donors (Lipinski definition) is 1. The fourth-order valence-electron chi connectivity index (χ4n) is 4.19. The summed E-state index contributed by atoms with van der Waals surface area (Å²) >= 11 is 0. The maximum absolute atomic E-state index is 9.15. The van der Waals surface area contributed by atoms with Crippen LogP contribution in [-0.4, -0.2) is 29.5 Å². The molecule has 0 aliphatic heterocycles. The van der Waals surface area contributed by atoms with Crippen LogP contribution >= 0.6 is 0 Å². The highest BCUT2D eigenvalue weighted by atomic mass is 15.1. The topological polar surface area (TPSA) is 42.8 Å². The summed E-state index contributed by atoms with van der Waals surface area (Å²) in [4.78, 5) is 6.03. The number of unbranched alkanes of at least 4 members (excludes halogenated alkanes) is 1. The Morgan fingerprint density at radius 2 is 2.12 bits per heavy atom. The molecular weight excluding hydrogens is 306 g/mol. The number of benzene rings is 1. The fourth-order valence-corrected chi connectivity index (χ4v) is 4.19. The molecule has 1 aromatic carbocycles. The quantitative estimate of drug-likeness (QED) is 0.794. The Bertz CT molecular complexity index is 835. The number of nitrogens with one attached hydrogen (secondary N) is 1. The minimum atomic E-state index is 0.313. The molecule has 1 unspecified atom stereocenters. The van der Waals surface area contributed by atoms with Crippen molar-refractivity contribution in [1.82, 2.24) is 9.88 Å². The van der Waals surface area contributed by atoms with E-state index in [1.54, 1.807) is 0 Å². The van der Waals surface area contributed by atoms with E-state index in [4.69, 9.17) is 5.26 Å². The number of aromatic nitrogens is 1. The van der Waals surface area contributed by atoms with Gasteiger partial charge in [-0.2, -0.15) is 5.26 Å². The van der Waals surface area contributed by atoms with Gasteiger partial charge < -0.3 is 9.88 Å². The predicted molar refractivity (Wildman–Crippen MR) is 106 cm³/mol. The zero-order chi connectivity index (χ0) is 18.0. The number of aryl methyl sites for hydroxylation is 1. The van der Waals surface area contributed by atoms with Gasteiger partial charge in [0.1, 0.15) is 0 Å². The van der Waals surface area contributed by atoms with Crippen LogP contribution in [0, 0.1) is 18.3 Å². The third-order valence-corrected chi connectivity index (χ3v) is 6.04. The van der Waals surface area contributed by atoms with Gasteiger partial charge >= 0.3 is 0 Å². The number of nitrogens with zero attached hydrogens (tertiary/aromatic N) is 2. The molecule has 132 valence electrons. The van der Waals surface area contributed by atoms with E-state index < -0.39 is 0 Å². The van der Waals surface area contributed by atoms with E-state index in [0.717, 1.165) is 23.9 Å². The SMILES string of the molecule is CCCCC1(N(C)C)CC=C(c2[nH]c3ccc(C#N)cc3c2C)CC1. The normalized spacial score (nSPS) is 20.7. The molecule has 0 bridgehead atoms. The summed E-state index contributed by atoms with van der Waals surface area (Å²) in [6.07, 6.45) is 9.72. The third kappa shape index (κ3) is 3.24. The molecule has 1 aromatic heterocycles. The highest BCUT2D eigenvalue weighted by Crippen LogP contribution is 2.40. The molecule has 1 aliphatic carbocycles. The van der Waals surface area contributed by atoms with E-state index >= 15 is 0 Å². The van der Waals surface area contributed by atoms with Crippen LogP contribution in [0.4, 0.5) is 0 Å². The van der Waals surface area contributed by atoms with Crippen LogP contribution in [0.1, 0.15) is 62.3 Å². The Labute approximate surface area is 151 Å². The maximum atomic E-state index is 9.15. The molecule has 3 heteroatoms. The van der Waals surface area contributed by atoms with Gasteiger partial charge in [0.25, 0.3) is 0 Å². The molecule has 0 amide bonds.